The lowest BCUT2D eigenvalue weighted by atomic mass is 10.1. The number of thiol groups is 1. The summed E-state index contributed by atoms with van der Waals surface area (Å²) in [4.78, 5) is 12.6. The van der Waals surface area contributed by atoms with Crippen molar-refractivity contribution in [3.63, 3.8) is 0 Å². The molecular formula is C16H15F2NOS. The predicted molar refractivity (Wildman–Crippen MR) is 80.7 cm³/mol. The van der Waals surface area contributed by atoms with Gasteiger partial charge in [-0.1, -0.05) is 12.1 Å². The van der Waals surface area contributed by atoms with Crippen LogP contribution in [0.1, 0.15) is 34.5 Å². The van der Waals surface area contributed by atoms with Crippen LogP contribution < -0.4 is 5.32 Å². The Bertz CT molecular complexity index is 688. The molecule has 0 saturated heterocycles. The average molecular weight is 307 g/mol. The van der Waals surface area contributed by atoms with Gasteiger partial charge in [-0.15, -0.1) is 12.6 Å². The van der Waals surface area contributed by atoms with Crippen LogP contribution in [-0.2, 0) is 0 Å². The molecule has 1 N–H and O–H groups in total. The third kappa shape index (κ3) is 3.61. The fourth-order valence-electron chi connectivity index (χ4n) is 1.92. The van der Waals surface area contributed by atoms with Gasteiger partial charge in [0.05, 0.1) is 11.6 Å². The molecule has 110 valence electrons. The molecule has 0 aromatic heterocycles. The molecule has 5 heteroatoms. The number of hydrogen-bond acceptors (Lipinski definition) is 2. The van der Waals surface area contributed by atoms with E-state index in [0.29, 0.717) is 16.0 Å². The van der Waals surface area contributed by atoms with Crippen LogP contribution in [0.4, 0.5) is 8.78 Å². The first-order valence-corrected chi connectivity index (χ1v) is 6.88. The summed E-state index contributed by atoms with van der Waals surface area (Å²) in [6, 6.07) is 8.32. The van der Waals surface area contributed by atoms with Crippen LogP contribution in [0.5, 0.6) is 0 Å². The van der Waals surface area contributed by atoms with E-state index in [1.54, 1.807) is 26.0 Å². The molecule has 0 fully saturated rings. The van der Waals surface area contributed by atoms with Gasteiger partial charge >= 0.3 is 0 Å². The molecule has 0 heterocycles. The summed E-state index contributed by atoms with van der Waals surface area (Å²) in [5, 5.41) is 2.65. The first-order valence-electron chi connectivity index (χ1n) is 6.44. The largest absolute Gasteiger partial charge is 0.345 e. The SMILES string of the molecule is Cc1ccc(C(C)NC(=O)c2cc(S)ccc2F)cc1F. The number of aryl methyl sites for hydroxylation is 1. The van der Waals surface area contributed by atoms with Crippen molar-refractivity contribution in [2.75, 3.05) is 0 Å². The zero-order chi connectivity index (χ0) is 15.6. The molecule has 0 spiro atoms. The minimum absolute atomic E-state index is 0.0815. The first-order chi connectivity index (χ1) is 9.88. The molecule has 2 nitrogen and oxygen atoms in total. The second-order valence-corrected chi connectivity index (χ2v) is 5.38. The maximum absolute atomic E-state index is 13.6. The highest BCUT2D eigenvalue weighted by Gasteiger charge is 2.16. The standard InChI is InChI=1S/C16H15F2NOS/c1-9-3-4-11(7-15(9)18)10(2)19-16(20)13-8-12(21)5-6-14(13)17/h3-8,10,21H,1-2H3,(H,19,20). The molecule has 0 bridgehead atoms. The topological polar surface area (TPSA) is 29.1 Å². The van der Waals surface area contributed by atoms with E-state index in [0.717, 1.165) is 0 Å². The predicted octanol–water partition coefficient (Wildman–Crippen LogP) is 4.05. The Morgan fingerprint density at radius 3 is 2.52 bits per heavy atom. The van der Waals surface area contributed by atoms with E-state index in [-0.39, 0.29) is 11.4 Å². The molecular weight excluding hydrogens is 292 g/mol. The van der Waals surface area contributed by atoms with Crippen LogP contribution in [-0.4, -0.2) is 5.91 Å². The number of rotatable bonds is 3. The summed E-state index contributed by atoms with van der Waals surface area (Å²) in [5.41, 5.74) is 1.07. The lowest BCUT2D eigenvalue weighted by molar-refractivity contribution is 0.0935. The average Bonchev–Trinajstić information content (AvgIpc) is 2.44. The highest BCUT2D eigenvalue weighted by molar-refractivity contribution is 7.80. The van der Waals surface area contributed by atoms with Crippen molar-refractivity contribution in [2.24, 2.45) is 0 Å². The van der Waals surface area contributed by atoms with Gasteiger partial charge in [-0.05, 0) is 49.2 Å². The first kappa shape index (κ1) is 15.5. The maximum atomic E-state index is 13.6. The summed E-state index contributed by atoms with van der Waals surface area (Å²) in [7, 11) is 0. The number of carbonyl (C=O) groups is 1. The van der Waals surface area contributed by atoms with Crippen molar-refractivity contribution in [1.82, 2.24) is 5.32 Å². The zero-order valence-corrected chi connectivity index (χ0v) is 12.5. The van der Waals surface area contributed by atoms with Crippen LogP contribution in [0.2, 0.25) is 0 Å². The fourth-order valence-corrected chi connectivity index (χ4v) is 2.13. The van der Waals surface area contributed by atoms with Crippen molar-refractivity contribution in [3.05, 3.63) is 64.7 Å². The van der Waals surface area contributed by atoms with Gasteiger partial charge in [0.2, 0.25) is 0 Å². The Labute approximate surface area is 127 Å². The molecule has 0 aliphatic carbocycles. The number of hydrogen-bond donors (Lipinski definition) is 2. The Kier molecular flexibility index (Phi) is 4.63. The van der Waals surface area contributed by atoms with Gasteiger partial charge in [0, 0.05) is 4.90 Å². The van der Waals surface area contributed by atoms with Crippen molar-refractivity contribution >= 4 is 18.5 Å². The van der Waals surface area contributed by atoms with Gasteiger partial charge in [-0.2, -0.15) is 0 Å². The number of amides is 1. The summed E-state index contributed by atoms with van der Waals surface area (Å²) in [5.74, 6) is -1.51. The minimum Gasteiger partial charge on any atom is -0.345 e. The van der Waals surface area contributed by atoms with Crippen molar-refractivity contribution in [3.8, 4) is 0 Å². The molecule has 2 aromatic rings. The second-order valence-electron chi connectivity index (χ2n) is 4.87. The van der Waals surface area contributed by atoms with Crippen molar-refractivity contribution < 1.29 is 13.6 Å². The van der Waals surface area contributed by atoms with Crippen LogP contribution in [0.15, 0.2) is 41.3 Å². The van der Waals surface area contributed by atoms with E-state index in [4.69, 9.17) is 0 Å². The number of benzene rings is 2. The highest BCUT2D eigenvalue weighted by Crippen LogP contribution is 2.18. The number of carbonyl (C=O) groups excluding carboxylic acids is 1. The molecule has 2 aromatic carbocycles. The Hall–Kier alpha value is -1.88. The third-order valence-corrected chi connectivity index (χ3v) is 3.52. The second kappa shape index (κ2) is 6.26. The maximum Gasteiger partial charge on any atom is 0.254 e. The zero-order valence-electron chi connectivity index (χ0n) is 11.7. The molecule has 1 unspecified atom stereocenters. The van der Waals surface area contributed by atoms with Crippen molar-refractivity contribution in [1.29, 1.82) is 0 Å². The van der Waals surface area contributed by atoms with E-state index in [1.807, 2.05) is 0 Å². The van der Waals surface area contributed by atoms with E-state index >= 15 is 0 Å². The van der Waals surface area contributed by atoms with E-state index in [1.165, 1.54) is 24.3 Å². The third-order valence-electron chi connectivity index (χ3n) is 3.24. The van der Waals surface area contributed by atoms with Gasteiger partial charge in [0.1, 0.15) is 11.6 Å². The van der Waals surface area contributed by atoms with E-state index < -0.39 is 17.8 Å². The molecule has 1 atom stereocenters. The number of halogens is 2. The van der Waals surface area contributed by atoms with Crippen molar-refractivity contribution in [2.45, 2.75) is 24.8 Å². The lowest BCUT2D eigenvalue weighted by Crippen LogP contribution is -2.27. The van der Waals surface area contributed by atoms with Crippen LogP contribution in [0.3, 0.4) is 0 Å². The molecule has 0 radical (unpaired) electrons. The van der Waals surface area contributed by atoms with Gasteiger partial charge < -0.3 is 5.32 Å². The smallest absolute Gasteiger partial charge is 0.254 e. The van der Waals surface area contributed by atoms with Crippen LogP contribution in [0, 0.1) is 18.6 Å². The Morgan fingerprint density at radius 1 is 1.14 bits per heavy atom. The monoisotopic (exact) mass is 307 g/mol. The summed E-state index contributed by atoms with van der Waals surface area (Å²) < 4.78 is 27.2. The molecule has 21 heavy (non-hydrogen) atoms. The normalized spacial score (nSPS) is 12.0. The molecule has 2 rings (SSSR count). The quantitative estimate of drug-likeness (QED) is 0.823. The summed E-state index contributed by atoms with van der Waals surface area (Å²) >= 11 is 4.08. The van der Waals surface area contributed by atoms with E-state index in [9.17, 15) is 13.6 Å². The van der Waals surface area contributed by atoms with Gasteiger partial charge in [0.15, 0.2) is 0 Å². The van der Waals surface area contributed by atoms with Crippen LogP contribution in [0.25, 0.3) is 0 Å². The highest BCUT2D eigenvalue weighted by atomic mass is 32.1. The van der Waals surface area contributed by atoms with Gasteiger partial charge in [-0.25, -0.2) is 8.78 Å². The van der Waals surface area contributed by atoms with Gasteiger partial charge in [-0.3, -0.25) is 4.79 Å². The molecule has 0 aliphatic heterocycles. The summed E-state index contributed by atoms with van der Waals surface area (Å²) in [6.07, 6.45) is 0. The molecule has 0 saturated carbocycles. The molecule has 1 amide bonds. The van der Waals surface area contributed by atoms with Crippen LogP contribution >= 0.6 is 12.6 Å². The minimum atomic E-state index is -0.618. The lowest BCUT2D eigenvalue weighted by Gasteiger charge is -2.15. The van der Waals surface area contributed by atoms with E-state index in [2.05, 4.69) is 17.9 Å². The fraction of sp³-hybridized carbons (Fsp3) is 0.188. The molecule has 0 aliphatic rings. The Morgan fingerprint density at radius 2 is 1.86 bits per heavy atom. The van der Waals surface area contributed by atoms with Gasteiger partial charge in [0.25, 0.3) is 5.91 Å². The number of nitrogens with one attached hydrogen (secondary N) is 1. The Balaban J connectivity index is 2.18. The summed E-state index contributed by atoms with van der Waals surface area (Å²) in [6.45, 7) is 3.38.